The molecule has 0 aliphatic rings. The molecule has 1 aromatic heterocycles. The van der Waals surface area contributed by atoms with Gasteiger partial charge in [-0.05, 0) is 28.1 Å². The van der Waals surface area contributed by atoms with Crippen LogP contribution in [-0.2, 0) is 0 Å². The smallest absolute Gasteiger partial charge is 0.337 e. The molecule has 0 saturated carbocycles. The Labute approximate surface area is 93.6 Å². The van der Waals surface area contributed by atoms with Crippen molar-refractivity contribution in [2.45, 2.75) is 0 Å². The molecule has 0 amide bonds. The zero-order valence-electron chi connectivity index (χ0n) is 7.78. The predicted molar refractivity (Wildman–Crippen MR) is 57.4 cm³/mol. The molecule has 0 aliphatic heterocycles. The van der Waals surface area contributed by atoms with Gasteiger partial charge in [0.1, 0.15) is 0 Å². The Bertz CT molecular complexity index is 529. The van der Waals surface area contributed by atoms with E-state index in [1.165, 1.54) is 19.4 Å². The van der Waals surface area contributed by atoms with Crippen molar-refractivity contribution in [1.82, 2.24) is 0 Å². The molecule has 1 aromatic carbocycles. The monoisotopic (exact) mass is 270 g/mol. The van der Waals surface area contributed by atoms with Crippen molar-refractivity contribution in [3.63, 3.8) is 0 Å². The zero-order valence-corrected chi connectivity index (χ0v) is 9.37. The molecule has 0 atom stereocenters. The third kappa shape index (κ3) is 1.48. The topological polar surface area (TPSA) is 59.7 Å². The molecule has 15 heavy (non-hydrogen) atoms. The first-order valence-electron chi connectivity index (χ1n) is 4.12. The number of methoxy groups -OCH3 is 1. The van der Waals surface area contributed by atoms with Gasteiger partial charge in [0.25, 0.3) is 0 Å². The van der Waals surface area contributed by atoms with E-state index < -0.39 is 5.97 Å². The maximum Gasteiger partial charge on any atom is 0.337 e. The quantitative estimate of drug-likeness (QED) is 0.912. The number of benzene rings is 1. The SMILES string of the molecule is COc1cc(C(=O)O)c(Br)c2ccoc12. The summed E-state index contributed by atoms with van der Waals surface area (Å²) >= 11 is 3.23. The van der Waals surface area contributed by atoms with Gasteiger partial charge in [0.2, 0.25) is 0 Å². The van der Waals surface area contributed by atoms with E-state index in [9.17, 15) is 4.79 Å². The van der Waals surface area contributed by atoms with Crippen molar-refractivity contribution in [3.05, 3.63) is 28.4 Å². The maximum atomic E-state index is 10.9. The summed E-state index contributed by atoms with van der Waals surface area (Å²) in [5.41, 5.74) is 0.690. The van der Waals surface area contributed by atoms with Gasteiger partial charge in [-0.3, -0.25) is 0 Å². The normalized spacial score (nSPS) is 10.5. The van der Waals surface area contributed by atoms with E-state index in [2.05, 4.69) is 15.9 Å². The van der Waals surface area contributed by atoms with E-state index >= 15 is 0 Å². The summed E-state index contributed by atoms with van der Waals surface area (Å²) in [5, 5.41) is 9.65. The van der Waals surface area contributed by atoms with Crippen molar-refractivity contribution >= 4 is 32.9 Å². The minimum atomic E-state index is -1.01. The van der Waals surface area contributed by atoms with E-state index in [0.717, 1.165) is 0 Å². The van der Waals surface area contributed by atoms with E-state index in [1.54, 1.807) is 6.07 Å². The standard InChI is InChI=1S/C10H7BrO4/c1-14-7-4-6(10(12)13)8(11)5-2-3-15-9(5)7/h2-4H,1H3,(H,12,13). The number of carboxylic acids is 1. The highest BCUT2D eigenvalue weighted by Crippen LogP contribution is 2.35. The zero-order chi connectivity index (χ0) is 11.0. The Morgan fingerprint density at radius 3 is 2.93 bits per heavy atom. The Balaban J connectivity index is 2.84. The fraction of sp³-hybridized carbons (Fsp3) is 0.100. The van der Waals surface area contributed by atoms with Crippen LogP contribution in [0.15, 0.2) is 27.3 Å². The third-order valence-corrected chi connectivity index (χ3v) is 2.94. The molecule has 2 rings (SSSR count). The third-order valence-electron chi connectivity index (χ3n) is 2.09. The molecule has 5 heteroatoms. The largest absolute Gasteiger partial charge is 0.493 e. The summed E-state index contributed by atoms with van der Waals surface area (Å²) in [4.78, 5) is 10.9. The van der Waals surface area contributed by atoms with Crippen molar-refractivity contribution < 1.29 is 19.1 Å². The van der Waals surface area contributed by atoms with Crippen molar-refractivity contribution in [2.75, 3.05) is 7.11 Å². The minimum Gasteiger partial charge on any atom is -0.493 e. The highest BCUT2D eigenvalue weighted by atomic mass is 79.9. The van der Waals surface area contributed by atoms with Crippen LogP contribution in [0.5, 0.6) is 5.75 Å². The van der Waals surface area contributed by atoms with Gasteiger partial charge < -0.3 is 14.3 Å². The average Bonchev–Trinajstić information content (AvgIpc) is 2.67. The van der Waals surface area contributed by atoms with Gasteiger partial charge in [-0.15, -0.1) is 0 Å². The van der Waals surface area contributed by atoms with E-state index in [4.69, 9.17) is 14.3 Å². The number of carboxylic acid groups (broad SMARTS) is 1. The van der Waals surface area contributed by atoms with Gasteiger partial charge in [0.05, 0.1) is 18.9 Å². The number of rotatable bonds is 2. The van der Waals surface area contributed by atoms with Gasteiger partial charge >= 0.3 is 5.97 Å². The van der Waals surface area contributed by atoms with Gasteiger partial charge in [-0.25, -0.2) is 4.79 Å². The Kier molecular flexibility index (Phi) is 2.40. The lowest BCUT2D eigenvalue weighted by Crippen LogP contribution is -1.99. The summed E-state index contributed by atoms with van der Waals surface area (Å²) < 4.78 is 10.8. The lowest BCUT2D eigenvalue weighted by atomic mass is 10.1. The van der Waals surface area contributed by atoms with E-state index in [-0.39, 0.29) is 5.56 Å². The molecule has 0 spiro atoms. The van der Waals surface area contributed by atoms with Crippen molar-refractivity contribution in [1.29, 1.82) is 0 Å². The Hall–Kier alpha value is -1.49. The first-order chi connectivity index (χ1) is 7.15. The highest BCUT2D eigenvalue weighted by molar-refractivity contribution is 9.10. The second-order valence-electron chi connectivity index (χ2n) is 2.91. The lowest BCUT2D eigenvalue weighted by molar-refractivity contribution is 0.0695. The number of carbonyl (C=O) groups is 1. The molecule has 78 valence electrons. The highest BCUT2D eigenvalue weighted by Gasteiger charge is 2.17. The van der Waals surface area contributed by atoms with Gasteiger partial charge in [0, 0.05) is 9.86 Å². The van der Waals surface area contributed by atoms with Crippen LogP contribution in [0, 0.1) is 0 Å². The summed E-state index contributed by atoms with van der Waals surface area (Å²) in [6.07, 6.45) is 1.49. The molecule has 0 saturated heterocycles. The molecule has 1 N–H and O–H groups in total. The molecule has 0 fully saturated rings. The second kappa shape index (κ2) is 3.58. The van der Waals surface area contributed by atoms with E-state index in [0.29, 0.717) is 21.2 Å². The molecule has 0 unspecified atom stereocenters. The number of hydrogen-bond donors (Lipinski definition) is 1. The number of aromatic carboxylic acids is 1. The molecular weight excluding hydrogens is 264 g/mol. The number of halogens is 1. The second-order valence-corrected chi connectivity index (χ2v) is 3.70. The number of fused-ring (bicyclic) bond motifs is 1. The van der Waals surface area contributed by atoms with Crippen LogP contribution in [0.25, 0.3) is 11.0 Å². The molecule has 4 nitrogen and oxygen atoms in total. The van der Waals surface area contributed by atoms with Crippen molar-refractivity contribution in [3.8, 4) is 5.75 Å². The average molecular weight is 271 g/mol. The van der Waals surface area contributed by atoms with Crippen LogP contribution in [0.4, 0.5) is 0 Å². The predicted octanol–water partition coefficient (Wildman–Crippen LogP) is 2.90. The van der Waals surface area contributed by atoms with E-state index in [1.807, 2.05) is 0 Å². The number of furan rings is 1. The maximum absolute atomic E-state index is 10.9. The fourth-order valence-electron chi connectivity index (χ4n) is 1.39. The van der Waals surface area contributed by atoms with Gasteiger partial charge in [-0.1, -0.05) is 0 Å². The van der Waals surface area contributed by atoms with Crippen LogP contribution in [0.2, 0.25) is 0 Å². The molecular formula is C10H7BrO4. The van der Waals surface area contributed by atoms with Gasteiger partial charge in [-0.2, -0.15) is 0 Å². The van der Waals surface area contributed by atoms with Crippen molar-refractivity contribution in [2.24, 2.45) is 0 Å². The summed E-state index contributed by atoms with van der Waals surface area (Å²) in [5.74, 6) is -0.598. The number of ether oxygens (including phenoxy) is 1. The fourth-order valence-corrected chi connectivity index (χ4v) is 1.98. The Morgan fingerprint density at radius 1 is 1.60 bits per heavy atom. The summed E-state index contributed by atoms with van der Waals surface area (Å²) in [7, 11) is 1.47. The molecule has 0 radical (unpaired) electrons. The minimum absolute atomic E-state index is 0.153. The Morgan fingerprint density at radius 2 is 2.33 bits per heavy atom. The molecule has 0 bridgehead atoms. The van der Waals surface area contributed by atoms with Gasteiger partial charge in [0.15, 0.2) is 11.3 Å². The van der Waals surface area contributed by atoms with Crippen LogP contribution >= 0.6 is 15.9 Å². The summed E-state index contributed by atoms with van der Waals surface area (Å²) in [6, 6.07) is 3.12. The van der Waals surface area contributed by atoms with Crippen LogP contribution in [-0.4, -0.2) is 18.2 Å². The van der Waals surface area contributed by atoms with Crippen LogP contribution in [0.1, 0.15) is 10.4 Å². The summed E-state index contributed by atoms with van der Waals surface area (Å²) in [6.45, 7) is 0. The molecule has 0 aliphatic carbocycles. The number of hydrogen-bond acceptors (Lipinski definition) is 3. The van der Waals surface area contributed by atoms with Crippen LogP contribution < -0.4 is 4.74 Å². The first kappa shape index (κ1) is 10.0. The first-order valence-corrected chi connectivity index (χ1v) is 4.91. The molecule has 1 heterocycles. The lowest BCUT2D eigenvalue weighted by Gasteiger charge is -2.05. The molecule has 2 aromatic rings. The van der Waals surface area contributed by atoms with Crippen LogP contribution in [0.3, 0.4) is 0 Å².